The lowest BCUT2D eigenvalue weighted by molar-refractivity contribution is 0.323. The van der Waals surface area contributed by atoms with Crippen LogP contribution in [0.25, 0.3) is 11.4 Å². The maximum absolute atomic E-state index is 5.88. The molecule has 2 aromatic rings. The molecule has 3 nitrogen and oxygen atoms in total. The fourth-order valence-electron chi connectivity index (χ4n) is 1.46. The largest absolute Gasteiger partial charge is 0.338 e. The summed E-state index contributed by atoms with van der Waals surface area (Å²) in [6.07, 6.45) is 0. The molecule has 0 saturated heterocycles. The van der Waals surface area contributed by atoms with Crippen LogP contribution in [0.1, 0.15) is 25.3 Å². The molecule has 0 fully saturated rings. The van der Waals surface area contributed by atoms with Crippen LogP contribution in [0, 0.1) is 6.92 Å². The van der Waals surface area contributed by atoms with E-state index in [0.717, 1.165) is 5.56 Å². The summed E-state index contributed by atoms with van der Waals surface area (Å²) in [5, 5.41) is 4.00. The molecule has 0 spiro atoms. The Balaban J connectivity index is 2.36. The van der Waals surface area contributed by atoms with Crippen molar-refractivity contribution in [2.75, 3.05) is 5.88 Å². The third kappa shape index (κ3) is 2.50. The van der Waals surface area contributed by atoms with Gasteiger partial charge in [0.25, 0.3) is 0 Å². The van der Waals surface area contributed by atoms with Crippen molar-refractivity contribution in [2.45, 2.75) is 26.2 Å². The molecule has 0 atom stereocenters. The molecule has 90 valence electrons. The number of benzene rings is 1. The van der Waals surface area contributed by atoms with E-state index in [9.17, 15) is 0 Å². The molecule has 0 aliphatic heterocycles. The van der Waals surface area contributed by atoms with Crippen LogP contribution in [-0.2, 0) is 5.41 Å². The van der Waals surface area contributed by atoms with Crippen molar-refractivity contribution in [1.29, 1.82) is 0 Å². The maximum atomic E-state index is 5.88. The Hall–Kier alpha value is -1.35. The first-order valence-electron chi connectivity index (χ1n) is 5.50. The number of aromatic nitrogens is 2. The van der Waals surface area contributed by atoms with Gasteiger partial charge in [-0.2, -0.15) is 4.98 Å². The summed E-state index contributed by atoms with van der Waals surface area (Å²) in [4.78, 5) is 4.40. The summed E-state index contributed by atoms with van der Waals surface area (Å²) in [5.74, 6) is 1.63. The Morgan fingerprint density at radius 2 is 2.12 bits per heavy atom. The number of aryl methyl sites for hydroxylation is 1. The third-order valence-corrected chi connectivity index (χ3v) is 3.28. The van der Waals surface area contributed by atoms with Gasteiger partial charge in [0.15, 0.2) is 0 Å². The second-order valence-electron chi connectivity index (χ2n) is 4.81. The standard InChI is InChI=1S/C13H15ClN2O/c1-9-5-4-6-10(7-9)11-15-12(17-16-11)13(2,3)8-14/h4-7H,8H2,1-3H3. The second-order valence-corrected chi connectivity index (χ2v) is 5.08. The van der Waals surface area contributed by atoms with Crippen LogP contribution >= 0.6 is 11.6 Å². The van der Waals surface area contributed by atoms with Crippen molar-refractivity contribution in [3.63, 3.8) is 0 Å². The predicted octanol–water partition coefficient (Wildman–Crippen LogP) is 3.56. The number of hydrogen-bond acceptors (Lipinski definition) is 3. The van der Waals surface area contributed by atoms with Crippen molar-refractivity contribution < 1.29 is 4.52 Å². The Morgan fingerprint density at radius 3 is 2.76 bits per heavy atom. The van der Waals surface area contributed by atoms with Gasteiger partial charge in [-0.1, -0.05) is 28.9 Å². The topological polar surface area (TPSA) is 38.9 Å². The first-order valence-corrected chi connectivity index (χ1v) is 6.03. The number of hydrogen-bond donors (Lipinski definition) is 0. The van der Waals surface area contributed by atoms with E-state index in [-0.39, 0.29) is 5.41 Å². The van der Waals surface area contributed by atoms with Crippen molar-refractivity contribution in [2.24, 2.45) is 0 Å². The van der Waals surface area contributed by atoms with E-state index in [2.05, 4.69) is 10.1 Å². The minimum Gasteiger partial charge on any atom is -0.338 e. The van der Waals surface area contributed by atoms with Gasteiger partial charge >= 0.3 is 0 Å². The average Bonchev–Trinajstić information content (AvgIpc) is 2.79. The smallest absolute Gasteiger partial charge is 0.233 e. The Bertz CT molecular complexity index is 520. The first-order chi connectivity index (χ1) is 8.03. The molecule has 0 unspecified atom stereocenters. The van der Waals surface area contributed by atoms with E-state index >= 15 is 0 Å². The van der Waals surface area contributed by atoms with Crippen LogP contribution in [0.15, 0.2) is 28.8 Å². The van der Waals surface area contributed by atoms with Crippen LogP contribution in [-0.4, -0.2) is 16.0 Å². The van der Waals surface area contributed by atoms with E-state index in [1.807, 2.05) is 45.0 Å². The third-order valence-electron chi connectivity index (χ3n) is 2.62. The average molecular weight is 251 g/mol. The highest BCUT2D eigenvalue weighted by molar-refractivity contribution is 6.18. The van der Waals surface area contributed by atoms with Crippen molar-refractivity contribution in [1.82, 2.24) is 10.1 Å². The lowest BCUT2D eigenvalue weighted by Crippen LogP contribution is -2.19. The summed E-state index contributed by atoms with van der Waals surface area (Å²) in [5.41, 5.74) is 1.84. The van der Waals surface area contributed by atoms with Gasteiger partial charge in [0.1, 0.15) is 0 Å². The molecule has 0 aliphatic rings. The van der Waals surface area contributed by atoms with E-state index in [1.54, 1.807) is 0 Å². The van der Waals surface area contributed by atoms with Gasteiger partial charge in [-0.3, -0.25) is 0 Å². The van der Waals surface area contributed by atoms with Crippen LogP contribution in [0.4, 0.5) is 0 Å². The number of nitrogens with zero attached hydrogens (tertiary/aromatic N) is 2. The van der Waals surface area contributed by atoms with Crippen LogP contribution in [0.2, 0.25) is 0 Å². The SMILES string of the molecule is Cc1cccc(-c2noc(C(C)(C)CCl)n2)c1. The fraction of sp³-hybridized carbons (Fsp3) is 0.385. The summed E-state index contributed by atoms with van der Waals surface area (Å²) in [6, 6.07) is 8.01. The van der Waals surface area contributed by atoms with Crippen molar-refractivity contribution >= 4 is 11.6 Å². The van der Waals surface area contributed by atoms with E-state index in [1.165, 1.54) is 5.56 Å². The van der Waals surface area contributed by atoms with E-state index in [0.29, 0.717) is 17.6 Å². The molecule has 17 heavy (non-hydrogen) atoms. The van der Waals surface area contributed by atoms with Crippen molar-refractivity contribution in [3.8, 4) is 11.4 Å². The highest BCUT2D eigenvalue weighted by Gasteiger charge is 2.26. The molecule has 4 heteroatoms. The minimum atomic E-state index is -0.295. The molecule has 1 heterocycles. The molecule has 0 amide bonds. The fourth-order valence-corrected chi connectivity index (χ4v) is 1.57. The van der Waals surface area contributed by atoms with E-state index in [4.69, 9.17) is 16.1 Å². The molecule has 0 bridgehead atoms. The minimum absolute atomic E-state index is 0.295. The molecule has 1 aromatic heterocycles. The molecule has 2 rings (SSSR count). The quantitative estimate of drug-likeness (QED) is 0.782. The number of rotatable bonds is 3. The monoisotopic (exact) mass is 250 g/mol. The first kappa shape index (κ1) is 12.1. The lowest BCUT2D eigenvalue weighted by atomic mass is 9.96. The highest BCUT2D eigenvalue weighted by atomic mass is 35.5. The Kier molecular flexibility index (Phi) is 3.20. The predicted molar refractivity (Wildman–Crippen MR) is 68.2 cm³/mol. The van der Waals surface area contributed by atoms with Gasteiger partial charge < -0.3 is 4.52 Å². The molecular weight excluding hydrogens is 236 g/mol. The molecule has 0 N–H and O–H groups in total. The van der Waals surface area contributed by atoms with Crippen LogP contribution in [0.5, 0.6) is 0 Å². The summed E-state index contributed by atoms with van der Waals surface area (Å²) in [6.45, 7) is 5.99. The van der Waals surface area contributed by atoms with Crippen molar-refractivity contribution in [3.05, 3.63) is 35.7 Å². The van der Waals surface area contributed by atoms with E-state index < -0.39 is 0 Å². The molecule has 0 saturated carbocycles. The zero-order valence-corrected chi connectivity index (χ0v) is 11.0. The second kappa shape index (κ2) is 4.49. The maximum Gasteiger partial charge on any atom is 0.233 e. The Labute approximate surface area is 106 Å². The van der Waals surface area contributed by atoms with Gasteiger partial charge in [-0.15, -0.1) is 11.6 Å². The van der Waals surface area contributed by atoms with Crippen LogP contribution < -0.4 is 0 Å². The lowest BCUT2D eigenvalue weighted by Gasteiger charge is -2.14. The zero-order chi connectivity index (χ0) is 12.5. The summed E-state index contributed by atoms with van der Waals surface area (Å²) in [7, 11) is 0. The molecular formula is C13H15ClN2O. The van der Waals surface area contributed by atoms with Gasteiger partial charge in [-0.25, -0.2) is 0 Å². The summed E-state index contributed by atoms with van der Waals surface area (Å²) >= 11 is 5.88. The normalized spacial score (nSPS) is 11.8. The number of alkyl halides is 1. The Morgan fingerprint density at radius 1 is 1.35 bits per heavy atom. The van der Waals surface area contributed by atoms with Crippen LogP contribution in [0.3, 0.4) is 0 Å². The summed E-state index contributed by atoms with van der Waals surface area (Å²) < 4.78 is 5.27. The molecule has 0 aliphatic carbocycles. The molecule has 0 radical (unpaired) electrons. The molecule has 1 aromatic carbocycles. The van der Waals surface area contributed by atoms with Gasteiger partial charge in [0.2, 0.25) is 11.7 Å². The number of halogens is 1. The van der Waals surface area contributed by atoms with Gasteiger partial charge in [-0.05, 0) is 26.8 Å². The zero-order valence-electron chi connectivity index (χ0n) is 10.2. The van der Waals surface area contributed by atoms with Gasteiger partial charge in [0.05, 0.1) is 5.41 Å². The highest BCUT2D eigenvalue weighted by Crippen LogP contribution is 2.25. The van der Waals surface area contributed by atoms with Gasteiger partial charge in [0, 0.05) is 11.4 Å².